The number of ether oxygens (including phenoxy) is 1. The molecule has 0 spiro atoms. The lowest BCUT2D eigenvalue weighted by atomic mass is 10.3. The van der Waals surface area contributed by atoms with Gasteiger partial charge in [-0.2, -0.15) is 4.98 Å². The molecule has 1 aliphatic heterocycles. The Labute approximate surface area is 109 Å². The number of likely N-dealkylation sites (tertiary alicyclic amines) is 1. The van der Waals surface area contributed by atoms with Gasteiger partial charge in [-0.25, -0.2) is 4.98 Å². The molecule has 1 saturated heterocycles. The summed E-state index contributed by atoms with van der Waals surface area (Å²) in [6, 6.07) is 2.30. The zero-order valence-electron chi connectivity index (χ0n) is 11.6. The van der Waals surface area contributed by atoms with Gasteiger partial charge < -0.3 is 15.0 Å². The molecule has 0 aliphatic carbocycles. The fourth-order valence-corrected chi connectivity index (χ4v) is 2.14. The van der Waals surface area contributed by atoms with Crippen LogP contribution in [0.15, 0.2) is 6.07 Å². The first-order valence-electron chi connectivity index (χ1n) is 6.50. The van der Waals surface area contributed by atoms with E-state index in [1.165, 1.54) is 0 Å². The topological polar surface area (TPSA) is 50.3 Å². The van der Waals surface area contributed by atoms with Gasteiger partial charge in [-0.1, -0.05) is 0 Å². The van der Waals surface area contributed by atoms with Crippen LogP contribution >= 0.6 is 0 Å². The van der Waals surface area contributed by atoms with Crippen molar-refractivity contribution in [2.75, 3.05) is 25.5 Å². The smallest absolute Gasteiger partial charge is 0.226 e. The quantitative estimate of drug-likeness (QED) is 0.881. The van der Waals surface area contributed by atoms with Crippen LogP contribution in [0.5, 0.6) is 5.88 Å². The van der Waals surface area contributed by atoms with Crippen molar-refractivity contribution in [1.82, 2.24) is 14.9 Å². The maximum absolute atomic E-state index is 5.62. The summed E-state index contributed by atoms with van der Waals surface area (Å²) in [6.45, 7) is 8.12. The first kappa shape index (κ1) is 13.1. The monoisotopic (exact) mass is 250 g/mol. The van der Waals surface area contributed by atoms with Crippen molar-refractivity contribution in [3.05, 3.63) is 11.8 Å². The highest BCUT2D eigenvalue weighted by Crippen LogP contribution is 2.16. The number of rotatable bonds is 4. The molecule has 1 unspecified atom stereocenters. The summed E-state index contributed by atoms with van der Waals surface area (Å²) < 4.78 is 5.62. The van der Waals surface area contributed by atoms with Crippen molar-refractivity contribution in [1.29, 1.82) is 0 Å². The van der Waals surface area contributed by atoms with Crippen molar-refractivity contribution in [3.8, 4) is 5.88 Å². The standard InChI is InChI=1S/C13H22N4O/c1-9(2)18-12-7-10(3)14-13(16-12)15-11-5-6-17(4)8-11/h7,9,11H,5-6,8H2,1-4H3,(H,14,15,16). The highest BCUT2D eigenvalue weighted by atomic mass is 16.5. The Hall–Kier alpha value is -1.36. The van der Waals surface area contributed by atoms with Crippen LogP contribution in [0, 0.1) is 6.92 Å². The second-order valence-electron chi connectivity index (χ2n) is 5.23. The molecule has 18 heavy (non-hydrogen) atoms. The van der Waals surface area contributed by atoms with Gasteiger partial charge in [0.05, 0.1) is 6.10 Å². The minimum atomic E-state index is 0.129. The second-order valence-corrected chi connectivity index (χ2v) is 5.23. The molecule has 0 aromatic carbocycles. The van der Waals surface area contributed by atoms with Crippen molar-refractivity contribution < 1.29 is 4.74 Å². The first-order valence-corrected chi connectivity index (χ1v) is 6.50. The van der Waals surface area contributed by atoms with Crippen LogP contribution in [-0.4, -0.2) is 47.2 Å². The normalized spacial score (nSPS) is 20.4. The zero-order chi connectivity index (χ0) is 13.1. The molecule has 5 heteroatoms. The summed E-state index contributed by atoms with van der Waals surface area (Å²) in [4.78, 5) is 11.1. The third-order valence-electron chi connectivity index (χ3n) is 2.91. The highest BCUT2D eigenvalue weighted by Gasteiger charge is 2.20. The minimum absolute atomic E-state index is 0.129. The van der Waals surface area contributed by atoms with E-state index in [1.807, 2.05) is 26.8 Å². The molecular weight excluding hydrogens is 228 g/mol. The van der Waals surface area contributed by atoms with E-state index in [0.29, 0.717) is 17.9 Å². The van der Waals surface area contributed by atoms with Gasteiger partial charge in [-0.3, -0.25) is 0 Å². The van der Waals surface area contributed by atoms with E-state index in [4.69, 9.17) is 4.74 Å². The molecule has 0 radical (unpaired) electrons. The average molecular weight is 250 g/mol. The number of likely N-dealkylation sites (N-methyl/N-ethyl adjacent to an activating group) is 1. The van der Waals surface area contributed by atoms with E-state index < -0.39 is 0 Å². The summed E-state index contributed by atoms with van der Waals surface area (Å²) >= 11 is 0. The van der Waals surface area contributed by atoms with E-state index in [0.717, 1.165) is 25.2 Å². The van der Waals surface area contributed by atoms with Crippen molar-refractivity contribution in [2.24, 2.45) is 0 Å². The van der Waals surface area contributed by atoms with Gasteiger partial charge in [0, 0.05) is 24.3 Å². The fourth-order valence-electron chi connectivity index (χ4n) is 2.14. The van der Waals surface area contributed by atoms with Gasteiger partial charge >= 0.3 is 0 Å². The third-order valence-corrected chi connectivity index (χ3v) is 2.91. The summed E-state index contributed by atoms with van der Waals surface area (Å²) in [5.74, 6) is 1.32. The molecule has 2 rings (SSSR count). The lowest BCUT2D eigenvalue weighted by Crippen LogP contribution is -2.24. The molecule has 0 bridgehead atoms. The van der Waals surface area contributed by atoms with Crippen molar-refractivity contribution >= 4 is 5.95 Å². The Bertz CT molecular complexity index is 408. The molecule has 1 aliphatic rings. The molecule has 1 aromatic heterocycles. The number of hydrogen-bond acceptors (Lipinski definition) is 5. The largest absolute Gasteiger partial charge is 0.475 e. The number of aromatic nitrogens is 2. The van der Waals surface area contributed by atoms with E-state index >= 15 is 0 Å². The summed E-state index contributed by atoms with van der Waals surface area (Å²) in [7, 11) is 2.13. The summed E-state index contributed by atoms with van der Waals surface area (Å²) in [6.07, 6.45) is 1.26. The number of anilines is 1. The molecule has 1 N–H and O–H groups in total. The van der Waals surface area contributed by atoms with Crippen molar-refractivity contribution in [3.63, 3.8) is 0 Å². The van der Waals surface area contributed by atoms with E-state index in [9.17, 15) is 0 Å². The molecule has 5 nitrogen and oxygen atoms in total. The number of hydrogen-bond donors (Lipinski definition) is 1. The Kier molecular flexibility index (Phi) is 4.01. The van der Waals surface area contributed by atoms with Crippen LogP contribution in [0.25, 0.3) is 0 Å². The molecular formula is C13H22N4O. The van der Waals surface area contributed by atoms with Crippen LogP contribution in [0.4, 0.5) is 5.95 Å². The van der Waals surface area contributed by atoms with Crippen LogP contribution in [0.2, 0.25) is 0 Å². The molecule has 0 amide bonds. The van der Waals surface area contributed by atoms with Gasteiger partial charge in [0.1, 0.15) is 0 Å². The Morgan fingerprint density at radius 2 is 2.22 bits per heavy atom. The highest BCUT2D eigenvalue weighted by molar-refractivity contribution is 5.32. The number of nitrogens with zero attached hydrogens (tertiary/aromatic N) is 3. The summed E-state index contributed by atoms with van der Waals surface area (Å²) in [5, 5.41) is 3.38. The van der Waals surface area contributed by atoms with Crippen LogP contribution in [0.3, 0.4) is 0 Å². The molecule has 1 atom stereocenters. The SMILES string of the molecule is Cc1cc(OC(C)C)nc(NC2CCN(C)C2)n1. The summed E-state index contributed by atoms with van der Waals surface area (Å²) in [5.41, 5.74) is 0.925. The van der Waals surface area contributed by atoms with Gasteiger partial charge in [-0.05, 0) is 40.8 Å². The van der Waals surface area contributed by atoms with Gasteiger partial charge in [-0.15, -0.1) is 0 Å². The Balaban J connectivity index is 2.05. The van der Waals surface area contributed by atoms with Gasteiger partial charge in [0.25, 0.3) is 0 Å². The number of nitrogens with one attached hydrogen (secondary N) is 1. The maximum atomic E-state index is 5.62. The predicted octanol–water partition coefficient (Wildman–Crippen LogP) is 1.69. The Morgan fingerprint density at radius 1 is 1.44 bits per heavy atom. The van der Waals surface area contributed by atoms with E-state index in [-0.39, 0.29) is 6.10 Å². The zero-order valence-corrected chi connectivity index (χ0v) is 11.6. The lowest BCUT2D eigenvalue weighted by molar-refractivity contribution is 0.232. The van der Waals surface area contributed by atoms with Crippen LogP contribution < -0.4 is 10.1 Å². The molecule has 0 saturated carbocycles. The maximum Gasteiger partial charge on any atom is 0.226 e. The number of aryl methyl sites for hydroxylation is 1. The molecule has 1 fully saturated rings. The minimum Gasteiger partial charge on any atom is -0.475 e. The Morgan fingerprint density at radius 3 is 2.83 bits per heavy atom. The van der Waals surface area contributed by atoms with Crippen LogP contribution in [0.1, 0.15) is 26.0 Å². The lowest BCUT2D eigenvalue weighted by Gasteiger charge is -2.15. The molecule has 2 heterocycles. The average Bonchev–Trinajstić information content (AvgIpc) is 2.61. The second kappa shape index (κ2) is 5.52. The molecule has 100 valence electrons. The van der Waals surface area contributed by atoms with Crippen LogP contribution in [-0.2, 0) is 0 Å². The van der Waals surface area contributed by atoms with Gasteiger partial charge in [0.2, 0.25) is 11.8 Å². The van der Waals surface area contributed by atoms with E-state index in [1.54, 1.807) is 0 Å². The predicted molar refractivity (Wildman–Crippen MR) is 72.1 cm³/mol. The fraction of sp³-hybridized carbons (Fsp3) is 0.692. The third kappa shape index (κ3) is 3.57. The molecule has 1 aromatic rings. The van der Waals surface area contributed by atoms with Gasteiger partial charge in [0.15, 0.2) is 0 Å². The van der Waals surface area contributed by atoms with Crippen molar-refractivity contribution in [2.45, 2.75) is 39.3 Å². The first-order chi connectivity index (χ1) is 8.52. The van der Waals surface area contributed by atoms with E-state index in [2.05, 4.69) is 27.2 Å².